The molecule has 2 bridgehead atoms. The Morgan fingerprint density at radius 2 is 1.93 bits per heavy atom. The molecule has 7 nitrogen and oxygen atoms in total. The summed E-state index contributed by atoms with van der Waals surface area (Å²) in [5, 5.41) is 2.61. The Labute approximate surface area is 172 Å². The van der Waals surface area contributed by atoms with E-state index >= 15 is 0 Å². The minimum Gasteiger partial charge on any atom is -0.456 e. The van der Waals surface area contributed by atoms with Crippen LogP contribution >= 0.6 is 0 Å². The number of esters is 1. The molecule has 29 heavy (non-hydrogen) atoms. The lowest BCUT2D eigenvalue weighted by molar-refractivity contribution is -0.148. The van der Waals surface area contributed by atoms with Crippen molar-refractivity contribution < 1.29 is 22.7 Å². The second-order valence-corrected chi connectivity index (χ2v) is 9.90. The molecule has 0 saturated heterocycles. The van der Waals surface area contributed by atoms with Crippen molar-refractivity contribution >= 4 is 27.6 Å². The molecule has 0 aliphatic heterocycles. The molecule has 2 saturated carbocycles. The number of nitrogens with zero attached hydrogens (tertiary/aromatic N) is 1. The molecule has 2 fully saturated rings. The summed E-state index contributed by atoms with van der Waals surface area (Å²) < 4.78 is 31.7. The van der Waals surface area contributed by atoms with Crippen LogP contribution in [0, 0.1) is 17.8 Å². The van der Waals surface area contributed by atoms with Crippen LogP contribution in [-0.2, 0) is 24.3 Å². The number of benzene rings is 1. The molecule has 1 aromatic rings. The largest absolute Gasteiger partial charge is 0.456 e. The van der Waals surface area contributed by atoms with E-state index in [2.05, 4.69) is 5.32 Å². The van der Waals surface area contributed by atoms with Gasteiger partial charge in [-0.05, 0) is 55.2 Å². The number of ether oxygens (including phenoxy) is 1. The number of nitrogens with one attached hydrogen (secondary N) is 1. The zero-order valence-corrected chi connectivity index (χ0v) is 17.9. The molecule has 3 atom stereocenters. The third-order valence-electron chi connectivity index (χ3n) is 6.14. The summed E-state index contributed by atoms with van der Waals surface area (Å²) in [6.45, 7) is 3.92. The van der Waals surface area contributed by atoms with Crippen molar-refractivity contribution in [3.8, 4) is 0 Å². The van der Waals surface area contributed by atoms with Gasteiger partial charge in [0.1, 0.15) is 0 Å². The number of rotatable bonds is 9. The zero-order chi connectivity index (χ0) is 21.0. The molecule has 0 radical (unpaired) electrons. The highest BCUT2D eigenvalue weighted by Gasteiger charge is 2.40. The molecule has 3 rings (SSSR count). The first kappa shape index (κ1) is 21.8. The Kier molecular flexibility index (Phi) is 6.95. The van der Waals surface area contributed by atoms with Gasteiger partial charge in [0, 0.05) is 25.2 Å². The molecule has 0 spiro atoms. The maximum atomic E-state index is 12.6. The topological polar surface area (TPSA) is 92.8 Å². The second-order valence-electron chi connectivity index (χ2n) is 7.97. The lowest BCUT2D eigenvalue weighted by Gasteiger charge is -2.20. The third kappa shape index (κ3) is 5.17. The first-order valence-corrected chi connectivity index (χ1v) is 11.8. The molecule has 0 aromatic heterocycles. The first-order chi connectivity index (χ1) is 13.8. The van der Waals surface area contributed by atoms with Crippen molar-refractivity contribution in [1.29, 1.82) is 0 Å². The first-order valence-electron chi connectivity index (χ1n) is 10.4. The highest BCUT2D eigenvalue weighted by atomic mass is 32.2. The van der Waals surface area contributed by atoms with Crippen molar-refractivity contribution in [1.82, 2.24) is 4.31 Å². The lowest BCUT2D eigenvalue weighted by atomic mass is 9.86. The van der Waals surface area contributed by atoms with Gasteiger partial charge in [-0.1, -0.05) is 26.3 Å². The maximum Gasteiger partial charge on any atom is 0.306 e. The highest BCUT2D eigenvalue weighted by molar-refractivity contribution is 7.89. The maximum absolute atomic E-state index is 12.6. The zero-order valence-electron chi connectivity index (χ0n) is 17.1. The van der Waals surface area contributed by atoms with Crippen LogP contribution in [0.1, 0.15) is 46.0 Å². The van der Waals surface area contributed by atoms with E-state index in [0.717, 1.165) is 12.3 Å². The molecule has 8 heteroatoms. The van der Waals surface area contributed by atoms with Gasteiger partial charge >= 0.3 is 5.97 Å². The van der Waals surface area contributed by atoms with Crippen molar-refractivity contribution in [2.75, 3.05) is 25.0 Å². The predicted octanol–water partition coefficient (Wildman–Crippen LogP) is 3.03. The Morgan fingerprint density at radius 1 is 1.17 bits per heavy atom. The fraction of sp³-hybridized carbons (Fsp3) is 0.619. The van der Waals surface area contributed by atoms with E-state index in [0.29, 0.717) is 37.0 Å². The smallest absolute Gasteiger partial charge is 0.306 e. The number of hydrogen-bond donors (Lipinski definition) is 1. The average molecular weight is 423 g/mol. The molecule has 2 aliphatic rings. The standard InChI is InChI=1S/C21H30N2O5S/c1-3-23(4-2)29(26,27)19-7-5-6-18(13-19)22-20(24)14-28-21(25)12-17-11-15-8-9-16(17)10-15/h5-7,13,15-17H,3-4,8-12,14H2,1-2H3,(H,22,24). The van der Waals surface area contributed by atoms with E-state index in [1.54, 1.807) is 26.0 Å². The van der Waals surface area contributed by atoms with E-state index in [9.17, 15) is 18.0 Å². The number of sulfonamides is 1. The van der Waals surface area contributed by atoms with Gasteiger partial charge in [0.15, 0.2) is 6.61 Å². The van der Waals surface area contributed by atoms with E-state index in [1.807, 2.05) is 0 Å². The van der Waals surface area contributed by atoms with Gasteiger partial charge in [0.25, 0.3) is 5.91 Å². The molecule has 3 unspecified atom stereocenters. The lowest BCUT2D eigenvalue weighted by Crippen LogP contribution is -2.30. The minimum absolute atomic E-state index is 0.118. The van der Waals surface area contributed by atoms with E-state index in [-0.39, 0.29) is 17.5 Å². The number of fused-ring (bicyclic) bond motifs is 2. The van der Waals surface area contributed by atoms with Gasteiger partial charge in [-0.2, -0.15) is 4.31 Å². The highest BCUT2D eigenvalue weighted by Crippen LogP contribution is 2.49. The Morgan fingerprint density at radius 3 is 2.55 bits per heavy atom. The average Bonchev–Trinajstić information content (AvgIpc) is 3.30. The van der Waals surface area contributed by atoms with Crippen LogP contribution in [0.15, 0.2) is 29.2 Å². The Balaban J connectivity index is 1.51. The summed E-state index contributed by atoms with van der Waals surface area (Å²) >= 11 is 0. The number of carbonyl (C=O) groups excluding carboxylic acids is 2. The van der Waals surface area contributed by atoms with Crippen LogP contribution in [0.25, 0.3) is 0 Å². The van der Waals surface area contributed by atoms with Crippen LogP contribution in [0.4, 0.5) is 5.69 Å². The normalized spacial score (nSPS) is 23.3. The fourth-order valence-electron chi connectivity index (χ4n) is 4.69. The van der Waals surface area contributed by atoms with Gasteiger partial charge in [0.2, 0.25) is 10.0 Å². The minimum atomic E-state index is -3.61. The molecular weight excluding hydrogens is 392 g/mol. The molecule has 1 aromatic carbocycles. The van der Waals surface area contributed by atoms with Crippen LogP contribution in [0.2, 0.25) is 0 Å². The summed E-state index contributed by atoms with van der Waals surface area (Å²) in [6.07, 6.45) is 5.19. The van der Waals surface area contributed by atoms with E-state index < -0.39 is 15.9 Å². The monoisotopic (exact) mass is 422 g/mol. The van der Waals surface area contributed by atoms with E-state index in [4.69, 9.17) is 4.74 Å². The predicted molar refractivity (Wildman–Crippen MR) is 110 cm³/mol. The van der Waals surface area contributed by atoms with Crippen molar-refractivity contribution in [2.24, 2.45) is 17.8 Å². The molecular formula is C21H30N2O5S. The summed E-state index contributed by atoms with van der Waals surface area (Å²) in [6, 6.07) is 6.10. The number of carbonyl (C=O) groups is 2. The van der Waals surface area contributed by atoms with Crippen LogP contribution in [0.3, 0.4) is 0 Å². The van der Waals surface area contributed by atoms with Gasteiger partial charge in [0.05, 0.1) is 4.90 Å². The van der Waals surface area contributed by atoms with Gasteiger partial charge in [-0.15, -0.1) is 0 Å². The molecule has 160 valence electrons. The van der Waals surface area contributed by atoms with Gasteiger partial charge < -0.3 is 10.1 Å². The third-order valence-corrected chi connectivity index (χ3v) is 8.18. The number of amides is 1. The van der Waals surface area contributed by atoms with Gasteiger partial charge in [-0.3, -0.25) is 9.59 Å². The van der Waals surface area contributed by atoms with Crippen molar-refractivity contribution in [2.45, 2.75) is 50.8 Å². The van der Waals surface area contributed by atoms with Crippen molar-refractivity contribution in [3.63, 3.8) is 0 Å². The van der Waals surface area contributed by atoms with Crippen LogP contribution in [-0.4, -0.2) is 44.3 Å². The Bertz CT molecular complexity index is 850. The van der Waals surface area contributed by atoms with Crippen molar-refractivity contribution in [3.05, 3.63) is 24.3 Å². The van der Waals surface area contributed by atoms with Crippen LogP contribution < -0.4 is 5.32 Å². The molecule has 1 amide bonds. The molecule has 1 N–H and O–H groups in total. The molecule has 2 aliphatic carbocycles. The van der Waals surface area contributed by atoms with Crippen LogP contribution in [0.5, 0.6) is 0 Å². The second kappa shape index (κ2) is 9.26. The summed E-state index contributed by atoms with van der Waals surface area (Å²) in [4.78, 5) is 24.3. The SMILES string of the molecule is CCN(CC)S(=O)(=O)c1cccc(NC(=O)COC(=O)CC2CC3CCC2C3)c1. The Hall–Kier alpha value is -1.93. The van der Waals surface area contributed by atoms with E-state index in [1.165, 1.54) is 35.7 Å². The fourth-order valence-corrected chi connectivity index (χ4v) is 6.19. The quantitative estimate of drug-likeness (QED) is 0.618. The van der Waals surface area contributed by atoms with Gasteiger partial charge in [-0.25, -0.2) is 8.42 Å². The molecule has 0 heterocycles. The summed E-state index contributed by atoms with van der Waals surface area (Å²) in [5.41, 5.74) is 0.354. The summed E-state index contributed by atoms with van der Waals surface area (Å²) in [7, 11) is -3.61. The number of anilines is 1. The summed E-state index contributed by atoms with van der Waals surface area (Å²) in [5.74, 6) is 0.975. The number of hydrogen-bond acceptors (Lipinski definition) is 5.